The largest absolute Gasteiger partial charge is 0.288 e. The standard InChI is InChI=1S/C14H14ClNO2S2/c1-11-3-9-14(10-4-11)20(17,18)16-19(2)13-7-5-12(15)6-8-13/h3-10H,1-2H3/t19-/m1/s1. The summed E-state index contributed by atoms with van der Waals surface area (Å²) >= 11 is 5.81. The van der Waals surface area contributed by atoms with E-state index in [1.54, 1.807) is 54.8 Å². The molecule has 2 aromatic carbocycles. The number of nitrogens with zero attached hydrogens (tertiary/aromatic N) is 1. The number of rotatable bonds is 3. The van der Waals surface area contributed by atoms with E-state index in [1.165, 1.54) is 0 Å². The Balaban J connectivity index is 2.37. The van der Waals surface area contributed by atoms with Gasteiger partial charge in [0.15, 0.2) is 0 Å². The summed E-state index contributed by atoms with van der Waals surface area (Å²) in [6.07, 6.45) is 1.77. The topological polar surface area (TPSA) is 46.5 Å². The van der Waals surface area contributed by atoms with E-state index in [2.05, 4.69) is 3.77 Å². The number of hydrogen-bond acceptors (Lipinski definition) is 2. The lowest BCUT2D eigenvalue weighted by molar-refractivity contribution is 0.598. The zero-order valence-electron chi connectivity index (χ0n) is 11.1. The number of benzene rings is 2. The highest BCUT2D eigenvalue weighted by atomic mass is 35.5. The van der Waals surface area contributed by atoms with Gasteiger partial charge in [-0.2, -0.15) is 8.42 Å². The van der Waals surface area contributed by atoms with Crippen molar-refractivity contribution in [2.24, 2.45) is 3.77 Å². The van der Waals surface area contributed by atoms with Crippen LogP contribution in [0.2, 0.25) is 5.02 Å². The molecule has 0 aliphatic carbocycles. The van der Waals surface area contributed by atoms with Gasteiger partial charge in [-0.25, -0.2) is 0 Å². The molecule has 20 heavy (non-hydrogen) atoms. The predicted molar refractivity (Wildman–Crippen MR) is 83.8 cm³/mol. The van der Waals surface area contributed by atoms with E-state index in [9.17, 15) is 8.42 Å². The lowest BCUT2D eigenvalue weighted by atomic mass is 10.2. The van der Waals surface area contributed by atoms with E-state index in [-0.39, 0.29) is 4.90 Å². The summed E-state index contributed by atoms with van der Waals surface area (Å²) in [4.78, 5) is 1.06. The molecule has 0 bridgehead atoms. The molecule has 0 unspecified atom stereocenters. The minimum Gasteiger partial charge on any atom is -0.199 e. The summed E-state index contributed by atoms with van der Waals surface area (Å²) in [5, 5.41) is 0.618. The van der Waals surface area contributed by atoms with Crippen LogP contribution in [-0.2, 0) is 20.7 Å². The van der Waals surface area contributed by atoms with Crippen LogP contribution in [0.4, 0.5) is 0 Å². The van der Waals surface area contributed by atoms with E-state index in [0.29, 0.717) is 5.02 Å². The van der Waals surface area contributed by atoms with Crippen LogP contribution in [-0.4, -0.2) is 14.7 Å². The second-order valence-electron chi connectivity index (χ2n) is 4.29. The highest BCUT2D eigenvalue weighted by molar-refractivity contribution is 7.99. The molecular formula is C14H14ClNO2S2. The first-order chi connectivity index (χ1) is 9.38. The van der Waals surface area contributed by atoms with E-state index < -0.39 is 20.7 Å². The van der Waals surface area contributed by atoms with E-state index in [0.717, 1.165) is 10.5 Å². The molecular weight excluding hydrogens is 314 g/mol. The Labute approximate surface area is 126 Å². The van der Waals surface area contributed by atoms with Crippen LogP contribution in [0.3, 0.4) is 0 Å². The van der Waals surface area contributed by atoms with Crippen LogP contribution in [0.1, 0.15) is 5.56 Å². The van der Waals surface area contributed by atoms with Crippen molar-refractivity contribution in [3.05, 3.63) is 59.1 Å². The van der Waals surface area contributed by atoms with Gasteiger partial charge in [0.2, 0.25) is 0 Å². The van der Waals surface area contributed by atoms with E-state index in [1.807, 2.05) is 6.92 Å². The lowest BCUT2D eigenvalue weighted by Crippen LogP contribution is -2.00. The summed E-state index contributed by atoms with van der Waals surface area (Å²) in [6.45, 7) is 1.91. The molecule has 0 amide bonds. The van der Waals surface area contributed by atoms with Gasteiger partial charge >= 0.3 is 0 Å². The van der Waals surface area contributed by atoms with Crippen molar-refractivity contribution in [2.45, 2.75) is 16.7 Å². The van der Waals surface area contributed by atoms with Gasteiger partial charge in [-0.05, 0) is 49.6 Å². The molecule has 1 atom stereocenters. The normalized spacial score (nSPS) is 13.3. The van der Waals surface area contributed by atoms with Crippen LogP contribution >= 0.6 is 11.6 Å². The quantitative estimate of drug-likeness (QED) is 0.860. The Morgan fingerprint density at radius 1 is 1.00 bits per heavy atom. The van der Waals surface area contributed by atoms with Crippen LogP contribution in [0, 0.1) is 6.92 Å². The number of hydrogen-bond donors (Lipinski definition) is 0. The fourth-order valence-electron chi connectivity index (χ4n) is 1.58. The summed E-state index contributed by atoms with van der Waals surface area (Å²) in [5.41, 5.74) is 1.01. The maximum absolute atomic E-state index is 12.2. The van der Waals surface area contributed by atoms with Crippen LogP contribution in [0.15, 0.2) is 62.1 Å². The fraction of sp³-hybridized carbons (Fsp3) is 0.143. The first-order valence-corrected chi connectivity index (χ1v) is 9.25. The molecule has 0 saturated heterocycles. The van der Waals surface area contributed by atoms with Crippen molar-refractivity contribution < 1.29 is 8.42 Å². The van der Waals surface area contributed by atoms with Crippen molar-refractivity contribution in [3.63, 3.8) is 0 Å². The first-order valence-electron chi connectivity index (χ1n) is 5.85. The van der Waals surface area contributed by atoms with Gasteiger partial charge in [-0.1, -0.05) is 40.0 Å². The molecule has 0 fully saturated rings. The maximum Gasteiger partial charge on any atom is 0.288 e. The SMILES string of the molecule is Cc1ccc(S(=O)(=O)N=[S@](C)c2ccc(Cl)cc2)cc1. The minimum absolute atomic E-state index is 0.219. The average molecular weight is 328 g/mol. The average Bonchev–Trinajstić information content (AvgIpc) is 2.39. The highest BCUT2D eigenvalue weighted by Gasteiger charge is 2.13. The van der Waals surface area contributed by atoms with Gasteiger partial charge in [0.1, 0.15) is 0 Å². The Morgan fingerprint density at radius 3 is 2.10 bits per heavy atom. The zero-order chi connectivity index (χ0) is 14.8. The van der Waals surface area contributed by atoms with Crippen LogP contribution in [0.25, 0.3) is 0 Å². The second-order valence-corrected chi connectivity index (χ2v) is 8.18. The van der Waals surface area contributed by atoms with Crippen molar-refractivity contribution >= 4 is 32.3 Å². The minimum atomic E-state index is -3.63. The Morgan fingerprint density at radius 2 is 1.55 bits per heavy atom. The molecule has 0 aliphatic heterocycles. The number of sulfonamides is 1. The van der Waals surface area contributed by atoms with Crippen LogP contribution < -0.4 is 0 Å². The molecule has 2 rings (SSSR count). The van der Waals surface area contributed by atoms with Gasteiger partial charge in [0, 0.05) is 9.92 Å². The molecule has 3 nitrogen and oxygen atoms in total. The second kappa shape index (κ2) is 6.08. The van der Waals surface area contributed by atoms with Crippen molar-refractivity contribution in [1.82, 2.24) is 0 Å². The molecule has 0 aliphatic rings. The van der Waals surface area contributed by atoms with Gasteiger partial charge in [-0.3, -0.25) is 0 Å². The summed E-state index contributed by atoms with van der Waals surface area (Å²) < 4.78 is 28.4. The summed E-state index contributed by atoms with van der Waals surface area (Å²) in [6, 6.07) is 13.7. The summed E-state index contributed by atoms with van der Waals surface area (Å²) in [5.74, 6) is 0. The Hall–Kier alpha value is -1.17. The molecule has 106 valence electrons. The summed E-state index contributed by atoms with van der Waals surface area (Å²) in [7, 11) is -4.37. The predicted octanol–water partition coefficient (Wildman–Crippen LogP) is 3.83. The molecule has 0 spiro atoms. The molecule has 0 radical (unpaired) electrons. The third-order valence-electron chi connectivity index (χ3n) is 2.68. The molecule has 0 saturated carbocycles. The van der Waals surface area contributed by atoms with E-state index >= 15 is 0 Å². The Kier molecular flexibility index (Phi) is 4.62. The molecule has 2 aromatic rings. The Bertz CT molecular complexity index is 736. The smallest absolute Gasteiger partial charge is 0.199 e. The number of halogens is 1. The van der Waals surface area contributed by atoms with Gasteiger partial charge in [-0.15, -0.1) is 3.77 Å². The lowest BCUT2D eigenvalue weighted by Gasteiger charge is -2.04. The third kappa shape index (κ3) is 3.69. The first kappa shape index (κ1) is 15.2. The highest BCUT2D eigenvalue weighted by Crippen LogP contribution is 2.18. The van der Waals surface area contributed by atoms with Gasteiger partial charge in [0.25, 0.3) is 10.0 Å². The maximum atomic E-state index is 12.2. The van der Waals surface area contributed by atoms with Gasteiger partial charge in [0.05, 0.1) is 4.90 Å². The van der Waals surface area contributed by atoms with Crippen molar-refractivity contribution in [1.29, 1.82) is 0 Å². The molecule has 0 aromatic heterocycles. The number of aryl methyl sites for hydroxylation is 1. The van der Waals surface area contributed by atoms with Crippen molar-refractivity contribution in [3.8, 4) is 0 Å². The third-order valence-corrected chi connectivity index (χ3v) is 6.44. The monoisotopic (exact) mass is 327 g/mol. The molecule has 6 heteroatoms. The van der Waals surface area contributed by atoms with Crippen molar-refractivity contribution in [2.75, 3.05) is 6.26 Å². The van der Waals surface area contributed by atoms with Gasteiger partial charge < -0.3 is 0 Å². The molecule has 0 heterocycles. The zero-order valence-corrected chi connectivity index (χ0v) is 13.5. The fourth-order valence-corrected chi connectivity index (χ4v) is 4.58. The van der Waals surface area contributed by atoms with E-state index in [4.69, 9.17) is 11.6 Å². The molecule has 0 N–H and O–H groups in total. The van der Waals surface area contributed by atoms with Crippen LogP contribution in [0.5, 0.6) is 0 Å².